The van der Waals surface area contributed by atoms with E-state index in [1.165, 1.54) is 26.5 Å². The number of halogens is 3. The van der Waals surface area contributed by atoms with Crippen molar-refractivity contribution in [1.29, 1.82) is 0 Å². The van der Waals surface area contributed by atoms with E-state index in [0.29, 0.717) is 9.99 Å². The van der Waals surface area contributed by atoms with Crippen LogP contribution in [0.3, 0.4) is 0 Å². The molecule has 1 aromatic heterocycles. The van der Waals surface area contributed by atoms with Crippen molar-refractivity contribution in [3.05, 3.63) is 52.1 Å². The highest BCUT2D eigenvalue weighted by Crippen LogP contribution is 2.35. The first-order chi connectivity index (χ1) is 12.0. The van der Waals surface area contributed by atoms with E-state index >= 15 is 0 Å². The predicted molar refractivity (Wildman–Crippen MR) is 90.5 cm³/mol. The summed E-state index contributed by atoms with van der Waals surface area (Å²) in [5.74, 6) is -1.92. The summed E-state index contributed by atoms with van der Waals surface area (Å²) >= 11 is 3.31. The molecular formula is C17H11BrF2N2O3. The Labute approximate surface area is 149 Å². The molecule has 0 bridgehead atoms. The van der Waals surface area contributed by atoms with E-state index in [9.17, 15) is 13.6 Å². The zero-order chi connectivity index (χ0) is 18.1. The summed E-state index contributed by atoms with van der Waals surface area (Å²) in [4.78, 5) is 20.8. The lowest BCUT2D eigenvalue weighted by molar-refractivity contribution is 0.0599. The minimum atomic E-state index is -0.780. The molecule has 0 spiro atoms. The number of benzene rings is 2. The number of rotatable bonds is 3. The Morgan fingerprint density at radius 3 is 2.60 bits per heavy atom. The summed E-state index contributed by atoms with van der Waals surface area (Å²) in [6.07, 6.45) is 1.35. The Hall–Kier alpha value is -2.61. The number of hydrogen-bond donors (Lipinski definition) is 0. The third-order valence-electron chi connectivity index (χ3n) is 3.55. The lowest BCUT2D eigenvalue weighted by atomic mass is 10.1. The minimum absolute atomic E-state index is 0.0613. The van der Waals surface area contributed by atoms with Crippen LogP contribution in [0.15, 0.2) is 34.9 Å². The number of nitrogens with zero attached hydrogens (tertiary/aromatic N) is 2. The van der Waals surface area contributed by atoms with Gasteiger partial charge in [0, 0.05) is 11.6 Å². The normalized spacial score (nSPS) is 10.8. The van der Waals surface area contributed by atoms with Crippen molar-refractivity contribution in [2.24, 2.45) is 0 Å². The van der Waals surface area contributed by atoms with Crippen LogP contribution in [0.1, 0.15) is 10.4 Å². The van der Waals surface area contributed by atoms with Crippen LogP contribution in [-0.2, 0) is 4.74 Å². The molecule has 0 atom stereocenters. The summed E-state index contributed by atoms with van der Waals surface area (Å²) < 4.78 is 37.7. The molecule has 0 aliphatic heterocycles. The second kappa shape index (κ2) is 6.72. The second-order valence-electron chi connectivity index (χ2n) is 5.01. The first kappa shape index (κ1) is 17.2. The van der Waals surface area contributed by atoms with Crippen molar-refractivity contribution in [1.82, 2.24) is 9.97 Å². The molecule has 2 aromatic carbocycles. The quantitative estimate of drug-likeness (QED) is 0.609. The molecule has 25 heavy (non-hydrogen) atoms. The molecule has 3 rings (SSSR count). The number of aromatic nitrogens is 2. The first-order valence-corrected chi connectivity index (χ1v) is 7.82. The van der Waals surface area contributed by atoms with Gasteiger partial charge < -0.3 is 9.47 Å². The lowest BCUT2D eigenvalue weighted by Gasteiger charge is -2.12. The SMILES string of the molecule is COC(=O)c1c(OC)c(Br)cc2ncc(-c3ccc(F)cc3F)nc12. The molecule has 0 saturated carbocycles. The van der Waals surface area contributed by atoms with Crippen LogP contribution in [0.4, 0.5) is 8.78 Å². The monoisotopic (exact) mass is 408 g/mol. The van der Waals surface area contributed by atoms with Gasteiger partial charge in [-0.05, 0) is 34.1 Å². The van der Waals surface area contributed by atoms with Crippen molar-refractivity contribution >= 4 is 32.9 Å². The van der Waals surface area contributed by atoms with Gasteiger partial charge in [-0.3, -0.25) is 4.98 Å². The molecule has 1 heterocycles. The van der Waals surface area contributed by atoms with E-state index in [-0.39, 0.29) is 28.1 Å². The van der Waals surface area contributed by atoms with Crippen LogP contribution in [0.2, 0.25) is 0 Å². The molecule has 128 valence electrons. The topological polar surface area (TPSA) is 61.3 Å². The Balaban J connectivity index is 2.32. The van der Waals surface area contributed by atoms with Crippen LogP contribution < -0.4 is 4.74 Å². The van der Waals surface area contributed by atoms with Gasteiger partial charge in [0.15, 0.2) is 0 Å². The molecule has 0 N–H and O–H groups in total. The van der Waals surface area contributed by atoms with Gasteiger partial charge in [0.05, 0.1) is 36.1 Å². The maximum absolute atomic E-state index is 14.0. The molecule has 0 fully saturated rings. The van der Waals surface area contributed by atoms with Gasteiger partial charge in [-0.1, -0.05) is 0 Å². The van der Waals surface area contributed by atoms with Crippen LogP contribution in [0, 0.1) is 11.6 Å². The average Bonchev–Trinajstić information content (AvgIpc) is 2.59. The van der Waals surface area contributed by atoms with Crippen molar-refractivity contribution in [3.8, 4) is 17.0 Å². The number of hydrogen-bond acceptors (Lipinski definition) is 5. The molecule has 0 amide bonds. The van der Waals surface area contributed by atoms with E-state index < -0.39 is 17.6 Å². The highest BCUT2D eigenvalue weighted by molar-refractivity contribution is 9.10. The molecule has 0 aliphatic rings. The van der Waals surface area contributed by atoms with Crippen LogP contribution in [-0.4, -0.2) is 30.2 Å². The number of ether oxygens (including phenoxy) is 2. The van der Waals surface area contributed by atoms with Crippen molar-refractivity contribution in [2.75, 3.05) is 14.2 Å². The third-order valence-corrected chi connectivity index (χ3v) is 4.13. The van der Waals surface area contributed by atoms with E-state index in [4.69, 9.17) is 9.47 Å². The predicted octanol–water partition coefficient (Wildman–Crippen LogP) is 4.13. The number of esters is 1. The molecule has 8 heteroatoms. The molecule has 0 aliphatic carbocycles. The second-order valence-corrected chi connectivity index (χ2v) is 5.86. The van der Waals surface area contributed by atoms with Gasteiger partial charge in [0.25, 0.3) is 0 Å². The van der Waals surface area contributed by atoms with Gasteiger partial charge in [-0.15, -0.1) is 0 Å². The number of carbonyl (C=O) groups excluding carboxylic acids is 1. The van der Waals surface area contributed by atoms with Gasteiger partial charge in [-0.2, -0.15) is 0 Å². The van der Waals surface area contributed by atoms with E-state index in [0.717, 1.165) is 12.1 Å². The maximum Gasteiger partial charge on any atom is 0.344 e. The van der Waals surface area contributed by atoms with Gasteiger partial charge >= 0.3 is 5.97 Å². The zero-order valence-corrected chi connectivity index (χ0v) is 14.7. The van der Waals surface area contributed by atoms with E-state index in [1.54, 1.807) is 6.07 Å². The van der Waals surface area contributed by atoms with Crippen LogP contribution >= 0.6 is 15.9 Å². The van der Waals surface area contributed by atoms with Crippen LogP contribution in [0.5, 0.6) is 5.75 Å². The Morgan fingerprint density at radius 2 is 1.96 bits per heavy atom. The summed E-state index contributed by atoms with van der Waals surface area (Å²) in [6, 6.07) is 4.76. The van der Waals surface area contributed by atoms with E-state index in [1.807, 2.05) is 0 Å². The molecule has 5 nitrogen and oxygen atoms in total. The molecular weight excluding hydrogens is 398 g/mol. The average molecular weight is 409 g/mol. The van der Waals surface area contributed by atoms with Crippen molar-refractivity contribution in [3.63, 3.8) is 0 Å². The van der Waals surface area contributed by atoms with Gasteiger partial charge in [0.1, 0.15) is 28.5 Å². The van der Waals surface area contributed by atoms with Crippen molar-refractivity contribution < 1.29 is 23.0 Å². The largest absolute Gasteiger partial charge is 0.495 e. The third kappa shape index (κ3) is 3.05. The molecule has 3 aromatic rings. The minimum Gasteiger partial charge on any atom is -0.495 e. The number of methoxy groups -OCH3 is 2. The highest BCUT2D eigenvalue weighted by atomic mass is 79.9. The Bertz CT molecular complexity index is 995. The van der Waals surface area contributed by atoms with E-state index in [2.05, 4.69) is 25.9 Å². The summed E-state index contributed by atoms with van der Waals surface area (Å²) in [7, 11) is 2.63. The smallest absolute Gasteiger partial charge is 0.344 e. The fraction of sp³-hybridized carbons (Fsp3) is 0.118. The first-order valence-electron chi connectivity index (χ1n) is 7.03. The number of fused-ring (bicyclic) bond motifs is 1. The lowest BCUT2D eigenvalue weighted by Crippen LogP contribution is -2.07. The Morgan fingerprint density at radius 1 is 1.20 bits per heavy atom. The fourth-order valence-corrected chi connectivity index (χ4v) is 3.00. The number of carbonyl (C=O) groups is 1. The maximum atomic E-state index is 14.0. The van der Waals surface area contributed by atoms with Gasteiger partial charge in [0.2, 0.25) is 0 Å². The fourth-order valence-electron chi connectivity index (χ4n) is 2.42. The summed E-state index contributed by atoms with van der Waals surface area (Å²) in [6.45, 7) is 0. The van der Waals surface area contributed by atoms with Crippen molar-refractivity contribution in [2.45, 2.75) is 0 Å². The molecule has 0 saturated heterocycles. The highest BCUT2D eigenvalue weighted by Gasteiger charge is 2.23. The summed E-state index contributed by atoms with van der Waals surface area (Å²) in [5, 5.41) is 0. The van der Waals surface area contributed by atoms with Crippen LogP contribution in [0.25, 0.3) is 22.3 Å². The summed E-state index contributed by atoms with van der Waals surface area (Å²) in [5.41, 5.74) is 0.853. The molecule has 0 radical (unpaired) electrons. The standard InChI is InChI=1S/C17H11BrF2N2O3/c1-24-16-10(18)6-12-15(14(16)17(23)25-2)22-13(7-21-12)9-4-3-8(19)5-11(9)20/h3-7H,1-2H3. The van der Waals surface area contributed by atoms with Gasteiger partial charge in [-0.25, -0.2) is 18.6 Å². The zero-order valence-electron chi connectivity index (χ0n) is 13.1. The molecule has 0 unspecified atom stereocenters. The Kier molecular flexibility index (Phi) is 4.63.